The van der Waals surface area contributed by atoms with Crippen molar-refractivity contribution < 1.29 is 0 Å². The monoisotopic (exact) mass is 315 g/mol. The molecule has 0 saturated carbocycles. The SMILES string of the molecule is CSc1nnc(Cc2cc(=O)[nH]c(=O)[nH]2)n1-c1ccccc1. The minimum absolute atomic E-state index is 0.307. The number of aromatic nitrogens is 5. The van der Waals surface area contributed by atoms with Gasteiger partial charge in [-0.2, -0.15) is 0 Å². The number of hydrogen-bond acceptors (Lipinski definition) is 5. The van der Waals surface area contributed by atoms with Crippen LogP contribution < -0.4 is 11.2 Å². The summed E-state index contributed by atoms with van der Waals surface area (Å²) < 4.78 is 1.91. The molecule has 1 aromatic carbocycles. The van der Waals surface area contributed by atoms with Crippen LogP contribution in [0.2, 0.25) is 0 Å². The Labute approximate surface area is 129 Å². The molecule has 0 unspecified atom stereocenters. The van der Waals surface area contributed by atoms with Gasteiger partial charge in [0, 0.05) is 23.9 Å². The fourth-order valence-electron chi connectivity index (χ4n) is 2.17. The number of aromatic amines is 2. The van der Waals surface area contributed by atoms with Crippen LogP contribution in [0.1, 0.15) is 11.5 Å². The van der Waals surface area contributed by atoms with Crippen LogP contribution in [0.4, 0.5) is 0 Å². The van der Waals surface area contributed by atoms with Crippen molar-refractivity contribution in [2.45, 2.75) is 11.6 Å². The van der Waals surface area contributed by atoms with Crippen molar-refractivity contribution in [2.75, 3.05) is 6.26 Å². The highest BCUT2D eigenvalue weighted by Gasteiger charge is 2.14. The first-order valence-electron chi connectivity index (χ1n) is 6.53. The van der Waals surface area contributed by atoms with Crippen LogP contribution in [-0.4, -0.2) is 31.0 Å². The molecule has 112 valence electrons. The summed E-state index contributed by atoms with van der Waals surface area (Å²) in [6.45, 7) is 0. The van der Waals surface area contributed by atoms with Gasteiger partial charge in [0.2, 0.25) is 0 Å². The van der Waals surface area contributed by atoms with Gasteiger partial charge in [-0.3, -0.25) is 14.3 Å². The first-order valence-corrected chi connectivity index (χ1v) is 7.76. The van der Waals surface area contributed by atoms with Gasteiger partial charge in [-0.05, 0) is 18.4 Å². The average Bonchev–Trinajstić information content (AvgIpc) is 2.89. The molecule has 0 bridgehead atoms. The first kappa shape index (κ1) is 14.3. The maximum atomic E-state index is 11.4. The van der Waals surface area contributed by atoms with Crippen LogP contribution in [0.5, 0.6) is 0 Å². The van der Waals surface area contributed by atoms with Gasteiger partial charge in [-0.15, -0.1) is 10.2 Å². The summed E-state index contributed by atoms with van der Waals surface area (Å²) in [5.41, 5.74) is 0.456. The van der Waals surface area contributed by atoms with Gasteiger partial charge >= 0.3 is 5.69 Å². The average molecular weight is 315 g/mol. The number of nitrogens with zero attached hydrogens (tertiary/aromatic N) is 3. The molecular weight excluding hydrogens is 302 g/mol. The zero-order chi connectivity index (χ0) is 15.5. The predicted octanol–water partition coefficient (Wildman–Crippen LogP) is 0.957. The Balaban J connectivity index is 2.06. The Morgan fingerprint density at radius 1 is 1.14 bits per heavy atom. The first-order chi connectivity index (χ1) is 10.7. The Kier molecular flexibility index (Phi) is 3.92. The molecule has 0 aliphatic carbocycles. The third kappa shape index (κ3) is 2.86. The van der Waals surface area contributed by atoms with Crippen molar-refractivity contribution in [1.82, 2.24) is 24.7 Å². The lowest BCUT2D eigenvalue weighted by molar-refractivity contribution is 0.830. The number of thioether (sulfide) groups is 1. The number of nitrogens with one attached hydrogen (secondary N) is 2. The summed E-state index contributed by atoms with van der Waals surface area (Å²) in [5, 5.41) is 9.07. The van der Waals surface area contributed by atoms with Crippen molar-refractivity contribution in [2.24, 2.45) is 0 Å². The number of H-pyrrole nitrogens is 2. The van der Waals surface area contributed by atoms with Crippen molar-refractivity contribution in [3.05, 3.63) is 68.8 Å². The van der Waals surface area contributed by atoms with E-state index in [0.717, 1.165) is 10.8 Å². The quantitative estimate of drug-likeness (QED) is 0.699. The minimum Gasteiger partial charge on any atom is -0.311 e. The minimum atomic E-state index is -0.529. The lowest BCUT2D eigenvalue weighted by atomic mass is 10.2. The highest BCUT2D eigenvalue weighted by molar-refractivity contribution is 7.98. The summed E-state index contributed by atoms with van der Waals surface area (Å²) >= 11 is 1.48. The molecule has 3 aromatic rings. The number of para-hydroxylation sites is 1. The van der Waals surface area contributed by atoms with Crippen molar-refractivity contribution in [3.63, 3.8) is 0 Å². The van der Waals surface area contributed by atoms with Crippen molar-refractivity contribution >= 4 is 11.8 Å². The molecule has 2 heterocycles. The Hall–Kier alpha value is -2.61. The molecule has 0 atom stereocenters. The summed E-state index contributed by atoms with van der Waals surface area (Å²) in [6.07, 6.45) is 2.23. The molecule has 0 aliphatic rings. The van der Waals surface area contributed by atoms with Gasteiger partial charge in [0.15, 0.2) is 5.16 Å². The highest BCUT2D eigenvalue weighted by atomic mass is 32.2. The number of rotatable bonds is 4. The lowest BCUT2D eigenvalue weighted by Gasteiger charge is -2.08. The summed E-state index contributed by atoms with van der Waals surface area (Å²) in [4.78, 5) is 27.5. The summed E-state index contributed by atoms with van der Waals surface area (Å²) in [6, 6.07) is 11.0. The van der Waals surface area contributed by atoms with Gasteiger partial charge in [-0.25, -0.2) is 4.79 Å². The van der Waals surface area contributed by atoms with Crippen LogP contribution in [0, 0.1) is 0 Å². The maximum absolute atomic E-state index is 11.4. The molecule has 8 heteroatoms. The van der Waals surface area contributed by atoms with Gasteiger partial charge < -0.3 is 4.98 Å². The van der Waals surface area contributed by atoms with Gasteiger partial charge in [-0.1, -0.05) is 30.0 Å². The molecule has 0 saturated heterocycles. The van der Waals surface area contributed by atoms with E-state index >= 15 is 0 Å². The zero-order valence-electron chi connectivity index (χ0n) is 11.7. The number of benzene rings is 1. The lowest BCUT2D eigenvalue weighted by Crippen LogP contribution is -2.23. The fraction of sp³-hybridized carbons (Fsp3) is 0.143. The molecule has 0 radical (unpaired) electrons. The van der Waals surface area contributed by atoms with Crippen molar-refractivity contribution in [3.8, 4) is 5.69 Å². The molecule has 0 aliphatic heterocycles. The second-order valence-corrected chi connectivity index (χ2v) is 5.34. The van der Waals surface area contributed by atoms with Crippen LogP contribution in [0.3, 0.4) is 0 Å². The van der Waals surface area contributed by atoms with E-state index in [1.54, 1.807) is 0 Å². The third-order valence-corrected chi connectivity index (χ3v) is 3.69. The van der Waals surface area contributed by atoms with Gasteiger partial charge in [0.1, 0.15) is 5.82 Å². The van der Waals surface area contributed by atoms with E-state index in [9.17, 15) is 9.59 Å². The second kappa shape index (κ2) is 6.02. The topological polar surface area (TPSA) is 96.4 Å². The maximum Gasteiger partial charge on any atom is 0.325 e. The largest absolute Gasteiger partial charge is 0.325 e. The van der Waals surface area contributed by atoms with E-state index in [1.807, 2.05) is 41.2 Å². The molecule has 7 nitrogen and oxygen atoms in total. The molecule has 0 spiro atoms. The van der Waals surface area contributed by atoms with E-state index < -0.39 is 11.2 Å². The van der Waals surface area contributed by atoms with E-state index in [2.05, 4.69) is 20.2 Å². The van der Waals surface area contributed by atoms with Crippen LogP contribution >= 0.6 is 11.8 Å². The molecule has 2 N–H and O–H groups in total. The predicted molar refractivity (Wildman–Crippen MR) is 83.6 cm³/mol. The van der Waals surface area contributed by atoms with E-state index in [1.165, 1.54) is 17.8 Å². The highest BCUT2D eigenvalue weighted by Crippen LogP contribution is 2.20. The molecular formula is C14H13N5O2S. The van der Waals surface area contributed by atoms with E-state index in [0.29, 0.717) is 17.9 Å². The summed E-state index contributed by atoms with van der Waals surface area (Å²) in [7, 11) is 0. The normalized spacial score (nSPS) is 10.8. The Bertz CT molecular complexity index is 869. The Morgan fingerprint density at radius 2 is 1.91 bits per heavy atom. The molecule has 0 fully saturated rings. The molecule has 3 rings (SSSR count). The summed E-state index contributed by atoms with van der Waals surface area (Å²) in [5.74, 6) is 0.650. The Morgan fingerprint density at radius 3 is 2.59 bits per heavy atom. The zero-order valence-corrected chi connectivity index (χ0v) is 12.6. The van der Waals surface area contributed by atoms with Crippen LogP contribution in [0.25, 0.3) is 5.69 Å². The second-order valence-electron chi connectivity index (χ2n) is 4.56. The fourth-order valence-corrected chi connectivity index (χ4v) is 2.68. The molecule has 22 heavy (non-hydrogen) atoms. The van der Waals surface area contributed by atoms with Gasteiger partial charge in [0.05, 0.1) is 0 Å². The third-order valence-electron chi connectivity index (χ3n) is 3.06. The van der Waals surface area contributed by atoms with E-state index in [4.69, 9.17) is 0 Å². The van der Waals surface area contributed by atoms with Gasteiger partial charge in [0.25, 0.3) is 5.56 Å². The van der Waals surface area contributed by atoms with Crippen LogP contribution in [0.15, 0.2) is 51.1 Å². The standard InChI is InChI=1S/C14H13N5O2S/c1-22-14-18-17-11(19(14)10-5-3-2-4-6-10)7-9-8-12(20)16-13(21)15-9/h2-6,8H,7H2,1H3,(H2,15,16,20,21). The van der Waals surface area contributed by atoms with E-state index in [-0.39, 0.29) is 0 Å². The number of hydrogen-bond donors (Lipinski definition) is 2. The molecule has 0 amide bonds. The van der Waals surface area contributed by atoms with Crippen molar-refractivity contribution in [1.29, 1.82) is 0 Å². The smallest absolute Gasteiger partial charge is 0.311 e. The molecule has 2 aromatic heterocycles. The van der Waals surface area contributed by atoms with Crippen LogP contribution in [-0.2, 0) is 6.42 Å².